The van der Waals surface area contributed by atoms with Crippen molar-refractivity contribution in [2.45, 2.75) is 26.8 Å². The van der Waals surface area contributed by atoms with Crippen LogP contribution in [0.25, 0.3) is 0 Å². The van der Waals surface area contributed by atoms with Gasteiger partial charge < -0.3 is 5.32 Å². The highest BCUT2D eigenvalue weighted by molar-refractivity contribution is 6.31. The fourth-order valence-electron chi connectivity index (χ4n) is 2.38. The van der Waals surface area contributed by atoms with E-state index in [1.807, 2.05) is 14.0 Å². The first-order valence-corrected chi connectivity index (χ1v) is 6.92. The Morgan fingerprint density at radius 1 is 1.00 bits per heavy atom. The minimum absolute atomic E-state index is 0.179. The van der Waals surface area contributed by atoms with Gasteiger partial charge in [-0.05, 0) is 61.7 Å². The smallest absolute Gasteiger partial charge is 0.0577 e. The second kappa shape index (κ2) is 5.77. The van der Waals surface area contributed by atoms with Crippen LogP contribution in [0.5, 0.6) is 0 Å². The molecule has 0 aliphatic carbocycles. The minimum Gasteiger partial charge on any atom is -0.309 e. The maximum Gasteiger partial charge on any atom is 0.0577 e. The molecule has 1 nitrogen and oxygen atoms in total. The lowest BCUT2D eigenvalue weighted by Gasteiger charge is -2.21. The summed E-state index contributed by atoms with van der Waals surface area (Å²) in [4.78, 5) is 0. The molecule has 1 atom stereocenters. The van der Waals surface area contributed by atoms with Crippen LogP contribution in [-0.4, -0.2) is 7.05 Å². The van der Waals surface area contributed by atoms with Crippen LogP contribution in [0.15, 0.2) is 36.4 Å². The van der Waals surface area contributed by atoms with E-state index in [0.29, 0.717) is 0 Å². The zero-order valence-corrected chi connectivity index (χ0v) is 12.7. The predicted octanol–water partition coefficient (Wildman–Crippen LogP) is 4.57. The third-order valence-electron chi connectivity index (χ3n) is 3.78. The molecule has 0 saturated carbocycles. The normalized spacial score (nSPS) is 12.5. The van der Waals surface area contributed by atoms with Gasteiger partial charge in [0.2, 0.25) is 0 Å². The van der Waals surface area contributed by atoms with E-state index in [1.165, 1.54) is 22.3 Å². The zero-order valence-electron chi connectivity index (χ0n) is 11.9. The first-order chi connectivity index (χ1) is 9.04. The van der Waals surface area contributed by atoms with Gasteiger partial charge in [-0.3, -0.25) is 0 Å². The van der Waals surface area contributed by atoms with Crippen molar-refractivity contribution in [2.75, 3.05) is 7.05 Å². The maximum atomic E-state index is 6.25. The quantitative estimate of drug-likeness (QED) is 0.863. The molecule has 0 amide bonds. The lowest BCUT2D eigenvalue weighted by Crippen LogP contribution is -2.19. The van der Waals surface area contributed by atoms with E-state index in [0.717, 1.165) is 10.6 Å². The van der Waals surface area contributed by atoms with Crippen molar-refractivity contribution in [1.82, 2.24) is 5.32 Å². The molecule has 0 fully saturated rings. The second-order valence-corrected chi connectivity index (χ2v) is 5.43. The fraction of sp³-hybridized carbons (Fsp3) is 0.294. The van der Waals surface area contributed by atoms with Crippen LogP contribution in [-0.2, 0) is 0 Å². The molecule has 2 rings (SSSR count). The minimum atomic E-state index is 0.179. The summed E-state index contributed by atoms with van der Waals surface area (Å²) in [5, 5.41) is 4.21. The predicted molar refractivity (Wildman–Crippen MR) is 83.0 cm³/mol. The summed E-state index contributed by atoms with van der Waals surface area (Å²) < 4.78 is 0. The van der Waals surface area contributed by atoms with Crippen LogP contribution in [0.2, 0.25) is 5.02 Å². The van der Waals surface area contributed by atoms with Crippen LogP contribution in [0.3, 0.4) is 0 Å². The summed E-state index contributed by atoms with van der Waals surface area (Å²) in [6.07, 6.45) is 0. The van der Waals surface area contributed by atoms with Crippen LogP contribution in [0.1, 0.15) is 33.9 Å². The summed E-state index contributed by atoms with van der Waals surface area (Å²) in [5.74, 6) is 0. The van der Waals surface area contributed by atoms with Crippen LogP contribution in [0.4, 0.5) is 0 Å². The Balaban J connectivity index is 2.50. The molecular weight excluding hydrogens is 254 g/mol. The summed E-state index contributed by atoms with van der Waals surface area (Å²) in [7, 11) is 1.99. The Labute approximate surface area is 120 Å². The molecule has 0 spiro atoms. The summed E-state index contributed by atoms with van der Waals surface area (Å²) in [6.45, 7) is 6.34. The number of nitrogens with one attached hydrogen (secondary N) is 1. The number of halogens is 1. The summed E-state index contributed by atoms with van der Waals surface area (Å²) in [5.41, 5.74) is 6.27. The molecule has 100 valence electrons. The number of benzene rings is 2. The second-order valence-electron chi connectivity index (χ2n) is 5.02. The van der Waals surface area contributed by atoms with E-state index in [2.05, 4.69) is 55.6 Å². The molecule has 0 radical (unpaired) electrons. The third-order valence-corrected chi connectivity index (χ3v) is 4.18. The molecule has 0 aromatic heterocycles. The van der Waals surface area contributed by atoms with Gasteiger partial charge in [0.15, 0.2) is 0 Å². The lowest BCUT2D eigenvalue weighted by atomic mass is 9.92. The Hall–Kier alpha value is -1.31. The van der Waals surface area contributed by atoms with Gasteiger partial charge in [-0.25, -0.2) is 0 Å². The number of aryl methyl sites for hydroxylation is 2. The molecule has 0 bridgehead atoms. The molecule has 0 saturated heterocycles. The van der Waals surface area contributed by atoms with Crippen LogP contribution < -0.4 is 5.32 Å². The van der Waals surface area contributed by atoms with Crippen molar-refractivity contribution in [1.29, 1.82) is 0 Å². The Morgan fingerprint density at radius 3 is 2.37 bits per heavy atom. The van der Waals surface area contributed by atoms with Crippen LogP contribution in [0, 0.1) is 20.8 Å². The van der Waals surface area contributed by atoms with E-state index < -0.39 is 0 Å². The maximum absolute atomic E-state index is 6.25. The van der Waals surface area contributed by atoms with Gasteiger partial charge in [0.05, 0.1) is 6.04 Å². The van der Waals surface area contributed by atoms with E-state index in [4.69, 9.17) is 11.6 Å². The molecular formula is C17H20ClN. The fourth-order valence-corrected chi connectivity index (χ4v) is 2.57. The van der Waals surface area contributed by atoms with Crippen molar-refractivity contribution < 1.29 is 0 Å². The Bertz CT molecular complexity index is 590. The van der Waals surface area contributed by atoms with Gasteiger partial charge in [0.25, 0.3) is 0 Å². The number of hydrogen-bond donors (Lipinski definition) is 1. The molecule has 2 aromatic rings. The van der Waals surface area contributed by atoms with E-state index in [9.17, 15) is 0 Å². The monoisotopic (exact) mass is 273 g/mol. The Morgan fingerprint density at radius 2 is 1.74 bits per heavy atom. The molecule has 1 N–H and O–H groups in total. The SMILES string of the molecule is CNC(c1ccc(C)c(Cl)c1)c1cccc(C)c1C. The average Bonchev–Trinajstić information content (AvgIpc) is 2.39. The van der Waals surface area contributed by atoms with Gasteiger partial charge >= 0.3 is 0 Å². The zero-order chi connectivity index (χ0) is 14.0. The van der Waals surface area contributed by atoms with Crippen molar-refractivity contribution in [3.8, 4) is 0 Å². The van der Waals surface area contributed by atoms with Gasteiger partial charge in [-0.15, -0.1) is 0 Å². The van der Waals surface area contributed by atoms with E-state index >= 15 is 0 Å². The molecule has 19 heavy (non-hydrogen) atoms. The van der Waals surface area contributed by atoms with Crippen molar-refractivity contribution in [2.24, 2.45) is 0 Å². The average molecular weight is 274 g/mol. The first-order valence-electron chi connectivity index (χ1n) is 6.54. The molecule has 2 aromatic carbocycles. The van der Waals surface area contributed by atoms with Gasteiger partial charge in [-0.2, -0.15) is 0 Å². The van der Waals surface area contributed by atoms with E-state index in [1.54, 1.807) is 0 Å². The summed E-state index contributed by atoms with van der Waals surface area (Å²) in [6, 6.07) is 12.9. The molecule has 0 heterocycles. The standard InChI is InChI=1S/C17H20ClN/c1-11-6-5-7-15(13(11)3)17(19-4)14-9-8-12(2)16(18)10-14/h5-10,17,19H,1-4H3. The number of hydrogen-bond acceptors (Lipinski definition) is 1. The highest BCUT2D eigenvalue weighted by Crippen LogP contribution is 2.28. The topological polar surface area (TPSA) is 12.0 Å². The lowest BCUT2D eigenvalue weighted by molar-refractivity contribution is 0.686. The molecule has 1 unspecified atom stereocenters. The van der Waals surface area contributed by atoms with Gasteiger partial charge in [-0.1, -0.05) is 41.9 Å². The van der Waals surface area contributed by atoms with Crippen molar-refractivity contribution >= 4 is 11.6 Å². The van der Waals surface area contributed by atoms with Crippen molar-refractivity contribution in [3.05, 3.63) is 69.2 Å². The molecule has 2 heteroatoms. The van der Waals surface area contributed by atoms with Crippen LogP contribution >= 0.6 is 11.6 Å². The third kappa shape index (κ3) is 2.83. The summed E-state index contributed by atoms with van der Waals surface area (Å²) >= 11 is 6.25. The largest absolute Gasteiger partial charge is 0.309 e. The van der Waals surface area contributed by atoms with Crippen molar-refractivity contribution in [3.63, 3.8) is 0 Å². The number of rotatable bonds is 3. The molecule has 0 aliphatic heterocycles. The van der Waals surface area contributed by atoms with Gasteiger partial charge in [0, 0.05) is 5.02 Å². The highest BCUT2D eigenvalue weighted by atomic mass is 35.5. The van der Waals surface area contributed by atoms with E-state index in [-0.39, 0.29) is 6.04 Å². The van der Waals surface area contributed by atoms with Gasteiger partial charge in [0.1, 0.15) is 0 Å². The first kappa shape index (κ1) is 14.1. The molecule has 0 aliphatic rings. The highest BCUT2D eigenvalue weighted by Gasteiger charge is 2.15. The Kier molecular flexibility index (Phi) is 4.28.